The first-order chi connectivity index (χ1) is 9.67. The summed E-state index contributed by atoms with van der Waals surface area (Å²) < 4.78 is 5.60. The summed E-state index contributed by atoms with van der Waals surface area (Å²) in [6.45, 7) is 4.52. The molecule has 1 atom stereocenters. The molecular weight excluding hydrogens is 256 g/mol. The maximum absolute atomic E-state index is 12.2. The van der Waals surface area contributed by atoms with Crippen molar-refractivity contribution in [3.63, 3.8) is 0 Å². The molecule has 20 heavy (non-hydrogen) atoms. The Morgan fingerprint density at radius 1 is 1.40 bits per heavy atom. The minimum absolute atomic E-state index is 0.114. The fourth-order valence-electron chi connectivity index (χ4n) is 2.98. The van der Waals surface area contributed by atoms with E-state index in [9.17, 15) is 9.90 Å². The second-order valence-electron chi connectivity index (χ2n) is 5.40. The van der Waals surface area contributed by atoms with Gasteiger partial charge in [0.05, 0.1) is 5.56 Å². The van der Waals surface area contributed by atoms with Gasteiger partial charge in [-0.25, -0.2) is 0 Å². The van der Waals surface area contributed by atoms with Crippen molar-refractivity contribution < 1.29 is 9.84 Å². The summed E-state index contributed by atoms with van der Waals surface area (Å²) in [7, 11) is 0. The molecule has 1 aliphatic carbocycles. The van der Waals surface area contributed by atoms with Crippen molar-refractivity contribution in [2.45, 2.75) is 64.4 Å². The molecule has 1 heterocycles. The van der Waals surface area contributed by atoms with E-state index in [4.69, 9.17) is 4.74 Å². The molecule has 0 saturated heterocycles. The average Bonchev–Trinajstić information content (AvgIpc) is 2.91. The van der Waals surface area contributed by atoms with Crippen LogP contribution in [0.2, 0.25) is 0 Å². The van der Waals surface area contributed by atoms with E-state index < -0.39 is 0 Å². The predicted octanol–water partition coefficient (Wildman–Crippen LogP) is 3.01. The van der Waals surface area contributed by atoms with Gasteiger partial charge in [-0.15, -0.1) is 0 Å². The van der Waals surface area contributed by atoms with Crippen LogP contribution in [0.25, 0.3) is 0 Å². The number of nitrogens with zero attached hydrogens (tertiary/aromatic N) is 1. The maximum Gasteiger partial charge on any atom is 0.258 e. The quantitative estimate of drug-likeness (QED) is 0.840. The van der Waals surface area contributed by atoms with Gasteiger partial charge in [0.25, 0.3) is 5.56 Å². The van der Waals surface area contributed by atoms with E-state index in [2.05, 4.69) is 16.9 Å². The van der Waals surface area contributed by atoms with E-state index in [1.165, 1.54) is 0 Å². The van der Waals surface area contributed by atoms with Gasteiger partial charge in [0.1, 0.15) is 11.9 Å². The van der Waals surface area contributed by atoms with Crippen LogP contribution in [0.15, 0.2) is 4.79 Å². The summed E-state index contributed by atoms with van der Waals surface area (Å²) in [5, 5.41) is 10.1. The van der Waals surface area contributed by atoms with Gasteiger partial charge < -0.3 is 14.8 Å². The van der Waals surface area contributed by atoms with Crippen molar-refractivity contribution in [1.29, 1.82) is 0 Å². The lowest BCUT2D eigenvalue weighted by molar-refractivity contribution is 0.0486. The number of aromatic amines is 1. The Morgan fingerprint density at radius 3 is 2.65 bits per heavy atom. The highest BCUT2D eigenvalue weighted by atomic mass is 16.5. The molecule has 2 N–H and O–H groups in total. The molecule has 1 fully saturated rings. The average molecular weight is 280 g/mol. The third-order valence-corrected chi connectivity index (χ3v) is 3.94. The van der Waals surface area contributed by atoms with Crippen molar-refractivity contribution in [3.05, 3.63) is 21.7 Å². The van der Waals surface area contributed by atoms with Crippen LogP contribution in [-0.4, -0.2) is 21.7 Å². The highest BCUT2D eigenvalue weighted by molar-refractivity contribution is 5.27. The molecule has 112 valence electrons. The van der Waals surface area contributed by atoms with Gasteiger partial charge in [-0.3, -0.25) is 4.79 Å². The molecule has 0 radical (unpaired) electrons. The summed E-state index contributed by atoms with van der Waals surface area (Å²) in [6, 6.07) is 0. The van der Waals surface area contributed by atoms with Crippen molar-refractivity contribution >= 4 is 0 Å². The Balaban J connectivity index is 2.30. The summed E-state index contributed by atoms with van der Waals surface area (Å²) >= 11 is 0. The molecule has 0 spiro atoms. The smallest absolute Gasteiger partial charge is 0.258 e. The number of hydrogen-bond acceptors (Lipinski definition) is 4. The standard InChI is InChI=1S/C15H24N2O3/c1-3-7-11(20-4-2)13-16-14(18)12(15(19)17-13)10-8-5-6-9-10/h10-11H,3-9H2,1-2H3,(H2,16,17,18,19). The first kappa shape index (κ1) is 15.0. The number of nitrogens with one attached hydrogen (secondary N) is 1. The molecule has 5 heteroatoms. The van der Waals surface area contributed by atoms with Crippen LogP contribution < -0.4 is 5.56 Å². The molecular formula is C15H24N2O3. The van der Waals surface area contributed by atoms with Crippen LogP contribution in [0.4, 0.5) is 0 Å². The predicted molar refractivity (Wildman–Crippen MR) is 77.0 cm³/mol. The van der Waals surface area contributed by atoms with Gasteiger partial charge in [0.2, 0.25) is 5.88 Å². The third-order valence-electron chi connectivity index (χ3n) is 3.94. The maximum atomic E-state index is 12.2. The molecule has 1 unspecified atom stereocenters. The Bertz CT molecular complexity index is 486. The number of aromatic nitrogens is 2. The molecule has 1 saturated carbocycles. The van der Waals surface area contributed by atoms with Crippen molar-refractivity contribution in [2.24, 2.45) is 0 Å². The van der Waals surface area contributed by atoms with E-state index in [1.54, 1.807) is 0 Å². The van der Waals surface area contributed by atoms with E-state index in [0.717, 1.165) is 38.5 Å². The first-order valence-corrected chi connectivity index (χ1v) is 7.62. The monoisotopic (exact) mass is 280 g/mol. The van der Waals surface area contributed by atoms with Crippen molar-refractivity contribution in [2.75, 3.05) is 6.61 Å². The summed E-state index contributed by atoms with van der Waals surface area (Å²) in [4.78, 5) is 19.3. The van der Waals surface area contributed by atoms with E-state index in [1.807, 2.05) is 6.92 Å². The van der Waals surface area contributed by atoms with Gasteiger partial charge in [0.15, 0.2) is 0 Å². The van der Waals surface area contributed by atoms with Gasteiger partial charge in [0, 0.05) is 6.61 Å². The lowest BCUT2D eigenvalue weighted by Crippen LogP contribution is -2.21. The highest BCUT2D eigenvalue weighted by Crippen LogP contribution is 2.35. The molecule has 1 aromatic rings. The zero-order chi connectivity index (χ0) is 14.5. The van der Waals surface area contributed by atoms with Crippen LogP contribution in [0.1, 0.15) is 75.8 Å². The van der Waals surface area contributed by atoms with E-state index in [-0.39, 0.29) is 23.5 Å². The van der Waals surface area contributed by atoms with Gasteiger partial charge >= 0.3 is 0 Å². The molecule has 1 aliphatic rings. The SMILES string of the molecule is CCCC(OCC)c1nc(O)c(C2CCCC2)c(=O)[nH]1. The van der Waals surface area contributed by atoms with Crippen LogP contribution in [0, 0.1) is 0 Å². The number of rotatable bonds is 6. The molecule has 5 nitrogen and oxygen atoms in total. The second kappa shape index (κ2) is 6.88. The topological polar surface area (TPSA) is 75.2 Å². The molecule has 2 rings (SSSR count). The summed E-state index contributed by atoms with van der Waals surface area (Å²) in [6.07, 6.45) is 5.61. The van der Waals surface area contributed by atoms with Gasteiger partial charge in [-0.1, -0.05) is 26.2 Å². The van der Waals surface area contributed by atoms with Crippen LogP contribution in [0.5, 0.6) is 5.88 Å². The molecule has 0 amide bonds. The Kier molecular flexibility index (Phi) is 5.17. The second-order valence-corrected chi connectivity index (χ2v) is 5.40. The van der Waals surface area contributed by atoms with Crippen LogP contribution in [-0.2, 0) is 4.74 Å². The largest absolute Gasteiger partial charge is 0.493 e. The van der Waals surface area contributed by atoms with E-state index >= 15 is 0 Å². The van der Waals surface area contributed by atoms with Gasteiger partial charge in [-0.2, -0.15) is 4.98 Å². The Hall–Kier alpha value is -1.36. The van der Waals surface area contributed by atoms with Crippen LogP contribution >= 0.6 is 0 Å². The first-order valence-electron chi connectivity index (χ1n) is 7.62. The normalized spacial score (nSPS) is 17.5. The minimum atomic E-state index is -0.249. The number of hydrogen-bond donors (Lipinski definition) is 2. The minimum Gasteiger partial charge on any atom is -0.493 e. The Morgan fingerprint density at radius 2 is 2.10 bits per heavy atom. The highest BCUT2D eigenvalue weighted by Gasteiger charge is 2.26. The van der Waals surface area contributed by atoms with Crippen molar-refractivity contribution in [3.8, 4) is 5.88 Å². The number of H-pyrrole nitrogens is 1. The number of ether oxygens (including phenoxy) is 1. The zero-order valence-corrected chi connectivity index (χ0v) is 12.3. The molecule has 0 bridgehead atoms. The summed E-state index contributed by atoms with van der Waals surface area (Å²) in [5.74, 6) is 0.478. The zero-order valence-electron chi connectivity index (χ0n) is 12.3. The molecule has 1 aromatic heterocycles. The molecule has 0 aliphatic heterocycles. The fraction of sp³-hybridized carbons (Fsp3) is 0.733. The number of aromatic hydroxyl groups is 1. The molecule has 0 aromatic carbocycles. The lowest BCUT2D eigenvalue weighted by Gasteiger charge is -2.17. The fourth-order valence-corrected chi connectivity index (χ4v) is 2.98. The Labute approximate surface area is 119 Å². The third kappa shape index (κ3) is 3.20. The van der Waals surface area contributed by atoms with Crippen LogP contribution in [0.3, 0.4) is 0 Å². The lowest BCUT2D eigenvalue weighted by atomic mass is 10.00. The van der Waals surface area contributed by atoms with E-state index in [0.29, 0.717) is 18.0 Å². The van der Waals surface area contributed by atoms with Gasteiger partial charge in [-0.05, 0) is 32.1 Å². The van der Waals surface area contributed by atoms with Crippen molar-refractivity contribution in [1.82, 2.24) is 9.97 Å². The summed E-state index contributed by atoms with van der Waals surface area (Å²) in [5.41, 5.74) is 0.248.